The third-order valence-corrected chi connectivity index (χ3v) is 5.04. The van der Waals surface area contributed by atoms with E-state index in [4.69, 9.17) is 4.84 Å². The summed E-state index contributed by atoms with van der Waals surface area (Å²) in [5.74, 6) is -0.728. The number of anilines is 2. The van der Waals surface area contributed by atoms with Crippen molar-refractivity contribution in [2.24, 2.45) is 5.16 Å². The second-order valence-corrected chi connectivity index (χ2v) is 7.27. The summed E-state index contributed by atoms with van der Waals surface area (Å²) < 4.78 is 13.3. The molecule has 4 rings (SSSR count). The SMILES string of the molecule is O=C(Nc1ccccc1)C1=NO[C@@]2(CCCN(C(=O)Nc3cccc(F)c3)C2)C1. The molecular weight excluding hydrogens is 375 g/mol. The molecule has 2 aliphatic heterocycles. The lowest BCUT2D eigenvalue weighted by Crippen LogP contribution is -2.52. The monoisotopic (exact) mass is 396 g/mol. The molecule has 2 aromatic carbocycles. The molecule has 8 heteroatoms. The summed E-state index contributed by atoms with van der Waals surface area (Å²) in [6.07, 6.45) is 1.75. The zero-order valence-corrected chi connectivity index (χ0v) is 15.7. The Kier molecular flexibility index (Phi) is 5.16. The number of benzene rings is 2. The Morgan fingerprint density at radius 2 is 1.86 bits per heavy atom. The number of urea groups is 1. The van der Waals surface area contributed by atoms with E-state index in [1.54, 1.807) is 23.1 Å². The molecule has 1 saturated heterocycles. The van der Waals surface area contributed by atoms with Gasteiger partial charge in [0.2, 0.25) is 0 Å². The molecule has 0 unspecified atom stereocenters. The Balaban J connectivity index is 1.37. The quantitative estimate of drug-likeness (QED) is 0.831. The molecule has 0 saturated carbocycles. The third kappa shape index (κ3) is 4.37. The number of rotatable bonds is 3. The number of piperidine rings is 1. The van der Waals surface area contributed by atoms with E-state index in [1.165, 1.54) is 18.2 Å². The molecule has 0 aliphatic carbocycles. The molecule has 1 atom stereocenters. The molecule has 2 N–H and O–H groups in total. The second kappa shape index (κ2) is 7.90. The molecular formula is C21H21FN4O3. The van der Waals surface area contributed by atoms with Gasteiger partial charge in [-0.15, -0.1) is 0 Å². The van der Waals surface area contributed by atoms with Crippen molar-refractivity contribution in [2.75, 3.05) is 23.7 Å². The molecule has 0 bridgehead atoms. The highest BCUT2D eigenvalue weighted by Gasteiger charge is 2.45. The van der Waals surface area contributed by atoms with Crippen LogP contribution >= 0.6 is 0 Å². The van der Waals surface area contributed by atoms with Crippen LogP contribution in [0.25, 0.3) is 0 Å². The zero-order chi connectivity index (χ0) is 20.3. The number of nitrogens with zero attached hydrogens (tertiary/aromatic N) is 2. The maximum atomic E-state index is 13.3. The first-order valence-electron chi connectivity index (χ1n) is 9.46. The van der Waals surface area contributed by atoms with Gasteiger partial charge in [-0.05, 0) is 43.2 Å². The number of para-hydroxylation sites is 1. The fourth-order valence-corrected chi connectivity index (χ4v) is 3.63. The predicted octanol–water partition coefficient (Wildman–Crippen LogP) is 3.61. The number of halogens is 1. The van der Waals surface area contributed by atoms with Crippen molar-refractivity contribution >= 4 is 29.0 Å². The summed E-state index contributed by atoms with van der Waals surface area (Å²) in [6.45, 7) is 0.859. The van der Waals surface area contributed by atoms with Gasteiger partial charge in [-0.2, -0.15) is 0 Å². The van der Waals surface area contributed by atoms with Crippen LogP contribution in [0, 0.1) is 5.82 Å². The van der Waals surface area contributed by atoms with Crippen LogP contribution in [0.5, 0.6) is 0 Å². The van der Waals surface area contributed by atoms with Gasteiger partial charge in [0.15, 0.2) is 5.60 Å². The minimum atomic E-state index is -0.707. The van der Waals surface area contributed by atoms with Crippen molar-refractivity contribution in [3.8, 4) is 0 Å². The topological polar surface area (TPSA) is 83.0 Å². The van der Waals surface area contributed by atoms with Crippen LogP contribution in [0.15, 0.2) is 59.8 Å². The molecule has 2 aromatic rings. The van der Waals surface area contributed by atoms with Gasteiger partial charge in [-0.3, -0.25) is 4.79 Å². The van der Waals surface area contributed by atoms with E-state index in [9.17, 15) is 14.0 Å². The Morgan fingerprint density at radius 1 is 1.07 bits per heavy atom. The maximum Gasteiger partial charge on any atom is 0.321 e. The number of oxime groups is 1. The Labute approximate surface area is 167 Å². The first kappa shape index (κ1) is 18.9. The van der Waals surface area contributed by atoms with Crippen molar-refractivity contribution in [2.45, 2.75) is 24.9 Å². The highest BCUT2D eigenvalue weighted by molar-refractivity contribution is 6.43. The van der Waals surface area contributed by atoms with Gasteiger partial charge in [0.25, 0.3) is 5.91 Å². The van der Waals surface area contributed by atoms with Gasteiger partial charge in [0.05, 0.1) is 6.54 Å². The van der Waals surface area contributed by atoms with Gasteiger partial charge in [-0.25, -0.2) is 9.18 Å². The molecule has 29 heavy (non-hydrogen) atoms. The number of carbonyl (C=O) groups excluding carboxylic acids is 2. The van der Waals surface area contributed by atoms with Crippen LogP contribution < -0.4 is 10.6 Å². The minimum Gasteiger partial charge on any atom is -0.386 e. The van der Waals surface area contributed by atoms with E-state index in [0.29, 0.717) is 43.0 Å². The fraction of sp³-hybridized carbons (Fsp3) is 0.286. The van der Waals surface area contributed by atoms with E-state index in [-0.39, 0.29) is 11.9 Å². The number of hydrogen-bond donors (Lipinski definition) is 2. The van der Waals surface area contributed by atoms with Gasteiger partial charge < -0.3 is 20.4 Å². The standard InChI is InChI=1S/C21H21FN4O3/c22-15-6-4-9-17(12-15)24-20(28)26-11-5-10-21(14-26)13-18(25-29-21)19(27)23-16-7-2-1-3-8-16/h1-4,6-9,12H,5,10-11,13-14H2,(H,23,27)(H,24,28)/t21-/m0/s1. The molecule has 2 heterocycles. The molecule has 3 amide bonds. The summed E-state index contributed by atoms with van der Waals surface area (Å²) in [5.41, 5.74) is 0.671. The molecule has 0 radical (unpaired) electrons. The fourth-order valence-electron chi connectivity index (χ4n) is 3.63. The lowest BCUT2D eigenvalue weighted by molar-refractivity contribution is -0.110. The largest absolute Gasteiger partial charge is 0.386 e. The number of likely N-dealkylation sites (tertiary alicyclic amines) is 1. The summed E-state index contributed by atoms with van der Waals surface area (Å²) in [7, 11) is 0. The van der Waals surface area contributed by atoms with Crippen LogP contribution in [-0.4, -0.2) is 41.2 Å². The molecule has 150 valence electrons. The van der Waals surface area contributed by atoms with E-state index < -0.39 is 11.4 Å². The zero-order valence-electron chi connectivity index (χ0n) is 15.7. The molecule has 1 spiro atoms. The third-order valence-electron chi connectivity index (χ3n) is 5.04. The van der Waals surface area contributed by atoms with Gasteiger partial charge in [0, 0.05) is 24.3 Å². The average Bonchev–Trinajstić information content (AvgIpc) is 3.12. The minimum absolute atomic E-state index is 0.305. The second-order valence-electron chi connectivity index (χ2n) is 7.27. The first-order valence-corrected chi connectivity index (χ1v) is 9.46. The van der Waals surface area contributed by atoms with Crippen molar-refractivity contribution in [1.82, 2.24) is 4.90 Å². The first-order chi connectivity index (χ1) is 14.0. The average molecular weight is 396 g/mol. The molecule has 2 aliphatic rings. The molecule has 1 fully saturated rings. The van der Waals surface area contributed by atoms with Crippen molar-refractivity contribution in [3.05, 3.63) is 60.4 Å². The number of hydrogen-bond acceptors (Lipinski definition) is 4. The maximum absolute atomic E-state index is 13.3. The van der Waals surface area contributed by atoms with Gasteiger partial charge in [0.1, 0.15) is 11.5 Å². The van der Waals surface area contributed by atoms with Crippen molar-refractivity contribution in [1.29, 1.82) is 0 Å². The van der Waals surface area contributed by atoms with E-state index >= 15 is 0 Å². The number of nitrogens with one attached hydrogen (secondary N) is 2. The van der Waals surface area contributed by atoms with E-state index in [1.807, 2.05) is 18.2 Å². The summed E-state index contributed by atoms with van der Waals surface area (Å²) in [5, 5.41) is 9.49. The normalized spacial score (nSPS) is 20.7. The summed E-state index contributed by atoms with van der Waals surface area (Å²) >= 11 is 0. The van der Waals surface area contributed by atoms with Crippen LogP contribution in [0.2, 0.25) is 0 Å². The summed E-state index contributed by atoms with van der Waals surface area (Å²) in [6, 6.07) is 14.5. The van der Waals surface area contributed by atoms with Gasteiger partial charge in [-0.1, -0.05) is 29.4 Å². The lowest BCUT2D eigenvalue weighted by atomic mass is 9.88. The van der Waals surface area contributed by atoms with Gasteiger partial charge >= 0.3 is 6.03 Å². The van der Waals surface area contributed by atoms with Crippen LogP contribution in [0.3, 0.4) is 0 Å². The van der Waals surface area contributed by atoms with E-state index in [0.717, 1.165) is 6.42 Å². The van der Waals surface area contributed by atoms with Crippen molar-refractivity contribution < 1.29 is 18.8 Å². The Morgan fingerprint density at radius 3 is 2.66 bits per heavy atom. The highest BCUT2D eigenvalue weighted by Crippen LogP contribution is 2.34. The van der Waals surface area contributed by atoms with Crippen molar-refractivity contribution in [3.63, 3.8) is 0 Å². The number of carbonyl (C=O) groups is 2. The van der Waals surface area contributed by atoms with Crippen LogP contribution in [0.4, 0.5) is 20.6 Å². The number of amides is 3. The predicted molar refractivity (Wildman–Crippen MR) is 107 cm³/mol. The smallest absolute Gasteiger partial charge is 0.321 e. The van der Waals surface area contributed by atoms with Crippen LogP contribution in [0.1, 0.15) is 19.3 Å². The Hall–Kier alpha value is -3.42. The molecule has 7 nitrogen and oxygen atoms in total. The Bertz CT molecular complexity index is 950. The summed E-state index contributed by atoms with van der Waals surface area (Å²) in [4.78, 5) is 32.3. The molecule has 0 aromatic heterocycles. The van der Waals surface area contributed by atoms with Crippen LogP contribution in [-0.2, 0) is 9.63 Å². The lowest BCUT2D eigenvalue weighted by Gasteiger charge is -2.38. The highest BCUT2D eigenvalue weighted by atomic mass is 19.1. The van der Waals surface area contributed by atoms with E-state index in [2.05, 4.69) is 15.8 Å².